The molecule has 0 aromatic heterocycles. The van der Waals surface area contributed by atoms with Gasteiger partial charge in [-0.1, -0.05) is 89.1 Å². The average Bonchev–Trinajstić information content (AvgIpc) is 2.39. The molecule has 0 amide bonds. The first kappa shape index (κ1) is 16.2. The van der Waals surface area contributed by atoms with Crippen molar-refractivity contribution in [2.75, 3.05) is 5.33 Å². The number of rotatable bonds is 9. The maximum absolute atomic E-state index is 3.67. The summed E-state index contributed by atoms with van der Waals surface area (Å²) in [6.45, 7) is 2.27. The molecular weight excluding hydrogens is 352 g/mol. The Labute approximate surface area is 129 Å². The van der Waals surface area contributed by atoms with Crippen LogP contribution < -0.4 is 0 Å². The molecule has 0 aliphatic carbocycles. The third kappa shape index (κ3) is 6.38. The lowest BCUT2D eigenvalue weighted by atomic mass is 9.95. The molecule has 18 heavy (non-hydrogen) atoms. The van der Waals surface area contributed by atoms with Gasteiger partial charge in [-0.15, -0.1) is 0 Å². The van der Waals surface area contributed by atoms with E-state index in [1.807, 2.05) is 0 Å². The highest BCUT2D eigenvalue weighted by Crippen LogP contribution is 2.23. The van der Waals surface area contributed by atoms with Gasteiger partial charge in [0.15, 0.2) is 0 Å². The monoisotopic (exact) mass is 374 g/mol. The van der Waals surface area contributed by atoms with Crippen molar-refractivity contribution in [1.82, 2.24) is 0 Å². The van der Waals surface area contributed by atoms with Crippen LogP contribution in [0.25, 0.3) is 0 Å². The van der Waals surface area contributed by atoms with Crippen molar-refractivity contribution >= 4 is 31.9 Å². The van der Waals surface area contributed by atoms with Crippen molar-refractivity contribution in [3.63, 3.8) is 0 Å². The Morgan fingerprint density at radius 1 is 1.06 bits per heavy atom. The van der Waals surface area contributed by atoms with E-state index in [0.29, 0.717) is 0 Å². The molecule has 2 heteroatoms. The second-order valence-corrected chi connectivity index (χ2v) is 6.52. The minimum atomic E-state index is 0.769. The summed E-state index contributed by atoms with van der Waals surface area (Å²) in [4.78, 5) is 0. The summed E-state index contributed by atoms with van der Waals surface area (Å²) in [6.07, 6.45) is 9.42. The Bertz CT molecular complexity index is 323. The molecule has 1 aromatic rings. The van der Waals surface area contributed by atoms with Crippen LogP contribution >= 0.6 is 31.9 Å². The van der Waals surface area contributed by atoms with Crippen LogP contribution in [0.15, 0.2) is 28.7 Å². The number of hydrogen-bond donors (Lipinski definition) is 0. The molecule has 0 aliphatic rings. The van der Waals surface area contributed by atoms with Gasteiger partial charge in [-0.25, -0.2) is 0 Å². The lowest BCUT2D eigenvalue weighted by molar-refractivity contribution is 0.491. The van der Waals surface area contributed by atoms with Crippen molar-refractivity contribution in [2.24, 2.45) is 5.92 Å². The van der Waals surface area contributed by atoms with Crippen molar-refractivity contribution in [1.29, 1.82) is 0 Å². The van der Waals surface area contributed by atoms with Gasteiger partial charge in [0.2, 0.25) is 0 Å². The molecule has 0 saturated heterocycles. The van der Waals surface area contributed by atoms with Gasteiger partial charge in [0, 0.05) is 9.80 Å². The highest BCUT2D eigenvalue weighted by atomic mass is 79.9. The van der Waals surface area contributed by atoms with E-state index >= 15 is 0 Å². The summed E-state index contributed by atoms with van der Waals surface area (Å²) in [5.41, 5.74) is 1.44. The minimum Gasteiger partial charge on any atom is -0.0925 e. The summed E-state index contributed by atoms with van der Waals surface area (Å²) >= 11 is 7.31. The van der Waals surface area contributed by atoms with E-state index < -0.39 is 0 Å². The maximum Gasteiger partial charge on any atom is 0.0207 e. The SMILES string of the molecule is CCCCCCCC(CBr)Cc1ccccc1Br. The predicted molar refractivity (Wildman–Crippen MR) is 88.5 cm³/mol. The van der Waals surface area contributed by atoms with Crippen molar-refractivity contribution in [3.05, 3.63) is 34.3 Å². The van der Waals surface area contributed by atoms with E-state index in [9.17, 15) is 0 Å². The van der Waals surface area contributed by atoms with Crippen molar-refractivity contribution < 1.29 is 0 Å². The molecule has 1 rings (SSSR count). The third-order valence-electron chi connectivity index (χ3n) is 3.40. The molecule has 1 atom stereocenters. The first-order valence-corrected chi connectivity index (χ1v) is 8.98. The Kier molecular flexibility index (Phi) is 9.04. The fourth-order valence-corrected chi connectivity index (χ4v) is 3.24. The largest absolute Gasteiger partial charge is 0.0925 e. The van der Waals surface area contributed by atoms with Gasteiger partial charge in [0.25, 0.3) is 0 Å². The summed E-state index contributed by atoms with van der Waals surface area (Å²) in [6, 6.07) is 8.59. The van der Waals surface area contributed by atoms with E-state index in [1.54, 1.807) is 0 Å². The molecule has 1 aromatic carbocycles. The molecule has 0 heterocycles. The Morgan fingerprint density at radius 2 is 1.78 bits per heavy atom. The molecule has 0 spiro atoms. The van der Waals surface area contributed by atoms with Crippen LogP contribution in [0.4, 0.5) is 0 Å². The molecule has 0 nitrogen and oxygen atoms in total. The van der Waals surface area contributed by atoms with Crippen LogP contribution in [0, 0.1) is 5.92 Å². The second kappa shape index (κ2) is 10.0. The molecule has 0 radical (unpaired) electrons. The number of halogens is 2. The number of hydrogen-bond acceptors (Lipinski definition) is 0. The van der Waals surface area contributed by atoms with E-state index in [2.05, 4.69) is 63.0 Å². The minimum absolute atomic E-state index is 0.769. The highest BCUT2D eigenvalue weighted by molar-refractivity contribution is 9.10. The van der Waals surface area contributed by atoms with Crippen molar-refractivity contribution in [2.45, 2.75) is 51.9 Å². The molecule has 0 saturated carbocycles. The fourth-order valence-electron chi connectivity index (χ4n) is 2.25. The van der Waals surface area contributed by atoms with Crippen LogP contribution in [0.1, 0.15) is 51.0 Å². The fraction of sp³-hybridized carbons (Fsp3) is 0.625. The van der Waals surface area contributed by atoms with Gasteiger partial charge in [0.1, 0.15) is 0 Å². The molecular formula is C16H24Br2. The standard InChI is InChI=1S/C16H24Br2/c1-2-3-4-5-6-9-14(13-17)12-15-10-7-8-11-16(15)18/h7-8,10-11,14H,2-6,9,12-13H2,1H3. The Balaban J connectivity index is 2.31. The zero-order valence-electron chi connectivity index (χ0n) is 11.3. The number of benzene rings is 1. The van der Waals surface area contributed by atoms with Gasteiger partial charge in [-0.05, 0) is 30.4 Å². The molecule has 102 valence electrons. The summed E-state index contributed by atoms with van der Waals surface area (Å²) in [7, 11) is 0. The first-order valence-electron chi connectivity index (χ1n) is 7.07. The van der Waals surface area contributed by atoms with Gasteiger partial charge in [0.05, 0.1) is 0 Å². The van der Waals surface area contributed by atoms with Crippen LogP contribution in [-0.4, -0.2) is 5.33 Å². The van der Waals surface area contributed by atoms with Crippen LogP contribution in [0.5, 0.6) is 0 Å². The lowest BCUT2D eigenvalue weighted by Crippen LogP contribution is -2.06. The average molecular weight is 376 g/mol. The smallest absolute Gasteiger partial charge is 0.0207 e. The molecule has 0 N–H and O–H groups in total. The van der Waals surface area contributed by atoms with Gasteiger partial charge >= 0.3 is 0 Å². The molecule has 0 bridgehead atoms. The highest BCUT2D eigenvalue weighted by Gasteiger charge is 2.09. The lowest BCUT2D eigenvalue weighted by Gasteiger charge is -2.15. The Morgan fingerprint density at radius 3 is 2.44 bits per heavy atom. The Hall–Kier alpha value is 0.180. The van der Waals surface area contributed by atoms with Gasteiger partial charge in [-0.2, -0.15) is 0 Å². The third-order valence-corrected chi connectivity index (χ3v) is 5.09. The second-order valence-electron chi connectivity index (χ2n) is 5.02. The molecule has 0 aliphatic heterocycles. The van der Waals surface area contributed by atoms with Crippen molar-refractivity contribution in [3.8, 4) is 0 Å². The van der Waals surface area contributed by atoms with Crippen LogP contribution in [-0.2, 0) is 6.42 Å². The molecule has 1 unspecified atom stereocenters. The van der Waals surface area contributed by atoms with E-state index in [4.69, 9.17) is 0 Å². The van der Waals surface area contributed by atoms with E-state index in [-0.39, 0.29) is 0 Å². The van der Waals surface area contributed by atoms with E-state index in [0.717, 1.165) is 11.2 Å². The molecule has 0 fully saturated rings. The van der Waals surface area contributed by atoms with Crippen LogP contribution in [0.3, 0.4) is 0 Å². The van der Waals surface area contributed by atoms with E-state index in [1.165, 1.54) is 55.0 Å². The maximum atomic E-state index is 3.67. The summed E-state index contributed by atoms with van der Waals surface area (Å²) < 4.78 is 1.25. The summed E-state index contributed by atoms with van der Waals surface area (Å²) in [5, 5.41) is 1.11. The zero-order chi connectivity index (χ0) is 13.2. The topological polar surface area (TPSA) is 0 Å². The zero-order valence-corrected chi connectivity index (χ0v) is 14.5. The van der Waals surface area contributed by atoms with Gasteiger partial charge < -0.3 is 0 Å². The first-order chi connectivity index (χ1) is 8.77. The summed E-state index contributed by atoms with van der Waals surface area (Å²) in [5.74, 6) is 0.769. The predicted octanol–water partition coefficient (Wildman–Crippen LogP) is 6.36. The van der Waals surface area contributed by atoms with Crippen LogP contribution in [0.2, 0.25) is 0 Å². The number of unbranched alkanes of at least 4 members (excludes halogenated alkanes) is 4. The quantitative estimate of drug-likeness (QED) is 0.347. The number of alkyl halides is 1. The van der Waals surface area contributed by atoms with Gasteiger partial charge in [-0.3, -0.25) is 0 Å². The normalized spacial score (nSPS) is 12.6.